The summed E-state index contributed by atoms with van der Waals surface area (Å²) in [5.41, 5.74) is 3.25. The molecule has 24 heavy (non-hydrogen) atoms. The molecule has 1 atom stereocenters. The van der Waals surface area contributed by atoms with Crippen LogP contribution in [0.1, 0.15) is 17.1 Å². The zero-order valence-electron chi connectivity index (χ0n) is 13.5. The lowest BCUT2D eigenvalue weighted by atomic mass is 9.94. The summed E-state index contributed by atoms with van der Waals surface area (Å²) in [6.07, 6.45) is 2.59. The number of benzene rings is 1. The summed E-state index contributed by atoms with van der Waals surface area (Å²) in [4.78, 5) is 12.6. The molecule has 1 aromatic carbocycles. The number of aryl methyl sites for hydroxylation is 1. The molecule has 2 aromatic heterocycles. The number of pyridine rings is 1. The second-order valence-electron chi connectivity index (χ2n) is 6.07. The van der Waals surface area contributed by atoms with Crippen molar-refractivity contribution in [1.29, 1.82) is 0 Å². The van der Waals surface area contributed by atoms with Gasteiger partial charge in [0.05, 0.1) is 12.3 Å². The van der Waals surface area contributed by atoms with E-state index in [2.05, 4.69) is 22.1 Å². The van der Waals surface area contributed by atoms with E-state index in [0.717, 1.165) is 22.9 Å². The first-order valence-corrected chi connectivity index (χ1v) is 8.01. The lowest BCUT2D eigenvalue weighted by Crippen LogP contribution is -2.32. The summed E-state index contributed by atoms with van der Waals surface area (Å²) in [6.45, 7) is 2.74. The molecule has 1 aliphatic rings. The third kappa shape index (κ3) is 2.84. The first-order valence-electron chi connectivity index (χ1n) is 8.01. The van der Waals surface area contributed by atoms with Crippen LogP contribution in [0.5, 0.6) is 0 Å². The SMILES string of the molecule is Cc1cccc(-c2c[nH]c(C3(Cc4ccccc4)COCO3)n2)n1. The Morgan fingerprint density at radius 2 is 1.92 bits per heavy atom. The monoisotopic (exact) mass is 321 g/mol. The first-order chi connectivity index (χ1) is 11.8. The predicted octanol–water partition coefficient (Wildman–Crippen LogP) is 3.22. The molecule has 3 aromatic rings. The fourth-order valence-corrected chi connectivity index (χ4v) is 3.02. The van der Waals surface area contributed by atoms with Crippen molar-refractivity contribution in [1.82, 2.24) is 15.0 Å². The second-order valence-corrected chi connectivity index (χ2v) is 6.07. The standard InChI is InChI=1S/C19H19N3O2/c1-14-6-5-9-16(21-14)17-11-20-18(22-17)19(12-23-13-24-19)10-15-7-3-2-4-8-15/h2-9,11H,10,12-13H2,1H3,(H,20,22). The predicted molar refractivity (Wildman–Crippen MR) is 90.3 cm³/mol. The molecule has 1 unspecified atom stereocenters. The summed E-state index contributed by atoms with van der Waals surface area (Å²) in [5, 5.41) is 0. The molecular formula is C19H19N3O2. The maximum Gasteiger partial charge on any atom is 0.156 e. The number of rotatable bonds is 4. The van der Waals surface area contributed by atoms with Crippen LogP contribution in [0.25, 0.3) is 11.4 Å². The largest absolute Gasteiger partial charge is 0.352 e. The van der Waals surface area contributed by atoms with Gasteiger partial charge in [-0.2, -0.15) is 0 Å². The minimum Gasteiger partial charge on any atom is -0.352 e. The number of H-pyrrole nitrogens is 1. The number of nitrogens with one attached hydrogen (secondary N) is 1. The van der Waals surface area contributed by atoms with Crippen LogP contribution in [0.3, 0.4) is 0 Å². The van der Waals surface area contributed by atoms with Gasteiger partial charge in [-0.15, -0.1) is 0 Å². The summed E-state index contributed by atoms with van der Waals surface area (Å²) in [5.74, 6) is 0.780. The highest BCUT2D eigenvalue weighted by Crippen LogP contribution is 2.33. The van der Waals surface area contributed by atoms with Gasteiger partial charge in [0.25, 0.3) is 0 Å². The molecule has 1 saturated heterocycles. The van der Waals surface area contributed by atoms with Crippen molar-refractivity contribution >= 4 is 0 Å². The zero-order valence-corrected chi connectivity index (χ0v) is 13.5. The topological polar surface area (TPSA) is 60.0 Å². The number of imidazole rings is 1. The van der Waals surface area contributed by atoms with E-state index in [1.807, 2.05) is 49.5 Å². The van der Waals surface area contributed by atoms with Gasteiger partial charge in [0, 0.05) is 18.3 Å². The Kier molecular flexibility index (Phi) is 3.88. The third-order valence-electron chi connectivity index (χ3n) is 4.25. The van der Waals surface area contributed by atoms with E-state index in [0.29, 0.717) is 13.0 Å². The quantitative estimate of drug-likeness (QED) is 0.801. The van der Waals surface area contributed by atoms with E-state index in [1.165, 1.54) is 5.56 Å². The van der Waals surface area contributed by atoms with Gasteiger partial charge in [0.15, 0.2) is 5.60 Å². The fourth-order valence-electron chi connectivity index (χ4n) is 3.02. The van der Waals surface area contributed by atoms with Crippen LogP contribution in [-0.2, 0) is 21.5 Å². The Bertz CT molecular complexity index is 823. The van der Waals surface area contributed by atoms with Crippen molar-refractivity contribution in [2.24, 2.45) is 0 Å². The maximum atomic E-state index is 5.97. The van der Waals surface area contributed by atoms with Gasteiger partial charge in [-0.3, -0.25) is 4.98 Å². The lowest BCUT2D eigenvalue weighted by molar-refractivity contribution is -0.0162. The molecule has 0 saturated carbocycles. The Hall–Kier alpha value is -2.50. The summed E-state index contributed by atoms with van der Waals surface area (Å²) in [7, 11) is 0. The van der Waals surface area contributed by atoms with Gasteiger partial charge in [0.1, 0.15) is 18.3 Å². The number of ether oxygens (including phenoxy) is 2. The second kappa shape index (κ2) is 6.19. The zero-order chi connectivity index (χ0) is 16.4. The molecular weight excluding hydrogens is 302 g/mol. The molecule has 4 rings (SSSR count). The van der Waals surface area contributed by atoms with Gasteiger partial charge >= 0.3 is 0 Å². The molecule has 1 fully saturated rings. The van der Waals surface area contributed by atoms with Crippen LogP contribution in [0.15, 0.2) is 54.7 Å². The van der Waals surface area contributed by atoms with Crippen LogP contribution in [0.4, 0.5) is 0 Å². The number of aromatic nitrogens is 3. The maximum absolute atomic E-state index is 5.97. The van der Waals surface area contributed by atoms with E-state index in [9.17, 15) is 0 Å². The molecule has 3 heterocycles. The summed E-state index contributed by atoms with van der Waals surface area (Å²) < 4.78 is 11.5. The van der Waals surface area contributed by atoms with Gasteiger partial charge in [-0.25, -0.2) is 4.98 Å². The van der Waals surface area contributed by atoms with E-state index >= 15 is 0 Å². The minimum absolute atomic E-state index is 0.283. The molecule has 122 valence electrons. The first kappa shape index (κ1) is 15.1. The van der Waals surface area contributed by atoms with Crippen molar-refractivity contribution in [3.8, 4) is 11.4 Å². The van der Waals surface area contributed by atoms with Crippen molar-refractivity contribution in [3.63, 3.8) is 0 Å². The van der Waals surface area contributed by atoms with Crippen molar-refractivity contribution in [2.75, 3.05) is 13.4 Å². The minimum atomic E-state index is -0.580. The fraction of sp³-hybridized carbons (Fsp3) is 0.263. The highest BCUT2D eigenvalue weighted by Gasteiger charge is 2.41. The average molecular weight is 321 g/mol. The van der Waals surface area contributed by atoms with Crippen LogP contribution in [0.2, 0.25) is 0 Å². The van der Waals surface area contributed by atoms with Crippen molar-refractivity contribution < 1.29 is 9.47 Å². The number of nitrogens with zero attached hydrogens (tertiary/aromatic N) is 2. The van der Waals surface area contributed by atoms with Crippen LogP contribution in [-0.4, -0.2) is 28.4 Å². The lowest BCUT2D eigenvalue weighted by Gasteiger charge is -2.24. The number of aromatic amines is 1. The van der Waals surface area contributed by atoms with Gasteiger partial charge in [-0.05, 0) is 24.6 Å². The Morgan fingerprint density at radius 3 is 2.67 bits per heavy atom. The molecule has 0 aliphatic carbocycles. The van der Waals surface area contributed by atoms with E-state index in [4.69, 9.17) is 14.5 Å². The molecule has 0 bridgehead atoms. The van der Waals surface area contributed by atoms with Crippen molar-refractivity contribution in [3.05, 3.63) is 71.8 Å². The van der Waals surface area contributed by atoms with Crippen LogP contribution in [0, 0.1) is 6.92 Å². The molecule has 5 nitrogen and oxygen atoms in total. The number of hydrogen-bond acceptors (Lipinski definition) is 4. The van der Waals surface area contributed by atoms with Crippen LogP contribution >= 0.6 is 0 Å². The molecule has 1 aliphatic heterocycles. The Labute approximate surface area is 140 Å². The average Bonchev–Trinajstić information content (AvgIpc) is 3.26. The molecule has 0 radical (unpaired) electrons. The Balaban J connectivity index is 1.67. The molecule has 0 amide bonds. The van der Waals surface area contributed by atoms with E-state index in [1.54, 1.807) is 0 Å². The molecule has 1 N–H and O–H groups in total. The van der Waals surface area contributed by atoms with E-state index in [-0.39, 0.29) is 6.79 Å². The molecule has 5 heteroatoms. The molecule has 0 spiro atoms. The highest BCUT2D eigenvalue weighted by atomic mass is 16.7. The third-order valence-corrected chi connectivity index (χ3v) is 4.25. The summed E-state index contributed by atoms with van der Waals surface area (Å²) >= 11 is 0. The number of hydrogen-bond donors (Lipinski definition) is 1. The van der Waals surface area contributed by atoms with Crippen LogP contribution < -0.4 is 0 Å². The van der Waals surface area contributed by atoms with Gasteiger partial charge in [-0.1, -0.05) is 36.4 Å². The summed E-state index contributed by atoms with van der Waals surface area (Å²) in [6, 6.07) is 16.2. The highest BCUT2D eigenvalue weighted by molar-refractivity contribution is 5.53. The van der Waals surface area contributed by atoms with Crippen molar-refractivity contribution in [2.45, 2.75) is 18.9 Å². The Morgan fingerprint density at radius 1 is 1.04 bits per heavy atom. The van der Waals surface area contributed by atoms with Gasteiger partial charge in [0.2, 0.25) is 0 Å². The van der Waals surface area contributed by atoms with E-state index < -0.39 is 5.60 Å². The normalized spacial score (nSPS) is 20.4. The van der Waals surface area contributed by atoms with Gasteiger partial charge < -0.3 is 14.5 Å². The smallest absolute Gasteiger partial charge is 0.156 e.